The zero-order valence-electron chi connectivity index (χ0n) is 11.0. The molecule has 0 aliphatic carbocycles. The summed E-state index contributed by atoms with van der Waals surface area (Å²) in [5, 5.41) is 19.3. The highest BCUT2D eigenvalue weighted by molar-refractivity contribution is 4.98. The average Bonchev–Trinajstić information content (AvgIpc) is 2.29. The van der Waals surface area contributed by atoms with Gasteiger partial charge in [-0.1, -0.05) is 0 Å². The molecule has 0 unspecified atom stereocenters. The van der Waals surface area contributed by atoms with E-state index in [1.54, 1.807) is 6.92 Å². The van der Waals surface area contributed by atoms with Crippen LogP contribution < -0.4 is 0 Å². The van der Waals surface area contributed by atoms with Crippen LogP contribution in [0.5, 0.6) is 0 Å². The molecule has 2 heterocycles. The van der Waals surface area contributed by atoms with Crippen molar-refractivity contribution in [2.75, 3.05) is 6.61 Å². The van der Waals surface area contributed by atoms with Crippen molar-refractivity contribution in [2.45, 2.75) is 76.0 Å². The van der Waals surface area contributed by atoms with Crippen LogP contribution in [0.3, 0.4) is 0 Å². The number of aliphatic hydroxyl groups is 2. The van der Waals surface area contributed by atoms with Crippen molar-refractivity contribution in [2.24, 2.45) is 0 Å². The summed E-state index contributed by atoms with van der Waals surface area (Å²) in [5.41, 5.74) is -1.47. The summed E-state index contributed by atoms with van der Waals surface area (Å²) in [6.45, 7) is 5.52. The van der Waals surface area contributed by atoms with E-state index in [9.17, 15) is 10.2 Å². The van der Waals surface area contributed by atoms with Crippen LogP contribution in [0.2, 0.25) is 0 Å². The van der Waals surface area contributed by atoms with Crippen LogP contribution in [-0.2, 0) is 9.47 Å². The van der Waals surface area contributed by atoms with Gasteiger partial charge in [-0.2, -0.15) is 0 Å². The molecule has 2 N–H and O–H groups in total. The van der Waals surface area contributed by atoms with Crippen LogP contribution in [0, 0.1) is 0 Å². The van der Waals surface area contributed by atoms with Crippen LogP contribution in [-0.4, -0.2) is 46.3 Å². The van der Waals surface area contributed by atoms with Crippen LogP contribution in [0.4, 0.5) is 0 Å². The van der Waals surface area contributed by atoms with E-state index >= 15 is 0 Å². The number of ether oxygens (including phenoxy) is 2. The van der Waals surface area contributed by atoms with Crippen LogP contribution in [0.25, 0.3) is 0 Å². The smallest absolute Gasteiger partial charge is 0.111 e. The van der Waals surface area contributed by atoms with Gasteiger partial charge < -0.3 is 19.7 Å². The number of rotatable bonds is 2. The minimum Gasteiger partial charge on any atom is -0.393 e. The Morgan fingerprint density at radius 2 is 2.06 bits per heavy atom. The second-order valence-electron chi connectivity index (χ2n) is 5.99. The number of aliphatic hydroxyl groups excluding tert-OH is 1. The highest BCUT2D eigenvalue weighted by Gasteiger charge is 2.49. The highest BCUT2D eigenvalue weighted by atomic mass is 16.6. The maximum absolute atomic E-state index is 10.1. The minimum atomic E-state index is -1.16. The maximum atomic E-state index is 10.1. The van der Waals surface area contributed by atoms with Crippen molar-refractivity contribution in [3.63, 3.8) is 0 Å². The molecule has 0 spiro atoms. The van der Waals surface area contributed by atoms with Gasteiger partial charge in [-0.25, -0.2) is 0 Å². The van der Waals surface area contributed by atoms with Gasteiger partial charge in [-0.15, -0.1) is 0 Å². The molecule has 0 saturated carbocycles. The second kappa shape index (κ2) is 4.50. The molecule has 2 saturated heterocycles. The quantitative estimate of drug-likeness (QED) is 0.767. The van der Waals surface area contributed by atoms with E-state index in [2.05, 4.69) is 13.8 Å². The van der Waals surface area contributed by atoms with E-state index in [0.717, 1.165) is 25.7 Å². The van der Waals surface area contributed by atoms with Gasteiger partial charge in [0.05, 0.1) is 30.5 Å². The molecule has 0 bridgehead atoms. The van der Waals surface area contributed by atoms with Crippen LogP contribution in [0.1, 0.15) is 46.5 Å². The molecule has 17 heavy (non-hydrogen) atoms. The van der Waals surface area contributed by atoms with Crippen molar-refractivity contribution in [3.8, 4) is 0 Å². The summed E-state index contributed by atoms with van der Waals surface area (Å²) < 4.78 is 12.0. The molecular formula is C13H24O4. The molecule has 0 aromatic carbocycles. The highest BCUT2D eigenvalue weighted by Crippen LogP contribution is 2.41. The van der Waals surface area contributed by atoms with E-state index in [-0.39, 0.29) is 24.4 Å². The first-order valence-electron chi connectivity index (χ1n) is 6.54. The fraction of sp³-hybridized carbons (Fsp3) is 1.00. The Bertz CT molecular complexity index is 279. The molecule has 0 radical (unpaired) electrons. The number of hydrogen-bond acceptors (Lipinski definition) is 4. The molecule has 0 aromatic heterocycles. The molecule has 0 amide bonds. The Labute approximate surface area is 103 Å². The lowest BCUT2D eigenvalue weighted by Crippen LogP contribution is -2.59. The molecule has 2 fully saturated rings. The maximum Gasteiger partial charge on any atom is 0.111 e. The Kier molecular flexibility index (Phi) is 3.51. The van der Waals surface area contributed by atoms with Gasteiger partial charge in [0.2, 0.25) is 0 Å². The van der Waals surface area contributed by atoms with Gasteiger partial charge in [-0.05, 0) is 46.5 Å². The van der Waals surface area contributed by atoms with Gasteiger partial charge in [0, 0.05) is 0 Å². The van der Waals surface area contributed by atoms with Crippen molar-refractivity contribution < 1.29 is 19.7 Å². The summed E-state index contributed by atoms with van der Waals surface area (Å²) in [7, 11) is 0. The third kappa shape index (κ3) is 2.50. The van der Waals surface area contributed by atoms with Gasteiger partial charge in [-0.3, -0.25) is 0 Å². The van der Waals surface area contributed by atoms with Crippen molar-refractivity contribution in [1.29, 1.82) is 0 Å². The molecule has 0 aromatic rings. The average molecular weight is 244 g/mol. The van der Waals surface area contributed by atoms with Crippen molar-refractivity contribution in [3.05, 3.63) is 0 Å². The number of hydrogen-bond donors (Lipinski definition) is 2. The number of fused-ring (bicyclic) bond motifs is 1. The first-order valence-corrected chi connectivity index (χ1v) is 6.54. The largest absolute Gasteiger partial charge is 0.393 e. The molecule has 2 rings (SSSR count). The summed E-state index contributed by atoms with van der Waals surface area (Å²) in [4.78, 5) is 0. The predicted molar refractivity (Wildman–Crippen MR) is 63.8 cm³/mol. The minimum absolute atomic E-state index is 0.122. The summed E-state index contributed by atoms with van der Waals surface area (Å²) in [6, 6.07) is 0. The van der Waals surface area contributed by atoms with Gasteiger partial charge in [0.1, 0.15) is 5.60 Å². The zero-order chi connectivity index (χ0) is 12.7. The molecule has 100 valence electrons. The lowest BCUT2D eigenvalue weighted by atomic mass is 9.80. The molecular weight excluding hydrogens is 220 g/mol. The molecule has 4 nitrogen and oxygen atoms in total. The summed E-state index contributed by atoms with van der Waals surface area (Å²) >= 11 is 0. The normalized spacial score (nSPS) is 46.1. The van der Waals surface area contributed by atoms with Gasteiger partial charge >= 0.3 is 0 Å². The topological polar surface area (TPSA) is 58.9 Å². The fourth-order valence-electron chi connectivity index (χ4n) is 2.88. The third-order valence-electron chi connectivity index (χ3n) is 4.24. The van der Waals surface area contributed by atoms with Gasteiger partial charge in [0.15, 0.2) is 0 Å². The zero-order valence-corrected chi connectivity index (χ0v) is 11.0. The van der Waals surface area contributed by atoms with E-state index in [1.165, 1.54) is 0 Å². The van der Waals surface area contributed by atoms with Crippen LogP contribution >= 0.6 is 0 Å². The summed E-state index contributed by atoms with van der Waals surface area (Å²) in [5.74, 6) is 0. The van der Waals surface area contributed by atoms with E-state index in [0.29, 0.717) is 6.10 Å². The SMILES string of the molecule is C[C@H]1CC[C@]2(C)O[C@H]([C@](C)(O)CO)CC[C@H]2O1. The van der Waals surface area contributed by atoms with Gasteiger partial charge in [0.25, 0.3) is 0 Å². The van der Waals surface area contributed by atoms with E-state index in [4.69, 9.17) is 9.47 Å². The first kappa shape index (κ1) is 13.3. The molecule has 5 atom stereocenters. The van der Waals surface area contributed by atoms with E-state index in [1.807, 2.05) is 0 Å². The standard InChI is InChI=1S/C13H24O4/c1-9-6-7-13(3)11(16-9)5-4-10(17-13)12(2,15)8-14/h9-11,14-15H,4-8H2,1-3H3/t9-,10-,11+,12+,13-/m0/s1. The lowest BCUT2D eigenvalue weighted by Gasteiger charge is -2.51. The second-order valence-corrected chi connectivity index (χ2v) is 5.99. The predicted octanol–water partition coefficient (Wildman–Crippen LogP) is 1.23. The van der Waals surface area contributed by atoms with Crippen molar-refractivity contribution in [1.82, 2.24) is 0 Å². The summed E-state index contributed by atoms with van der Waals surface area (Å²) in [6.07, 6.45) is 3.69. The Hall–Kier alpha value is -0.160. The molecule has 4 heteroatoms. The third-order valence-corrected chi connectivity index (χ3v) is 4.24. The monoisotopic (exact) mass is 244 g/mol. The lowest BCUT2D eigenvalue weighted by molar-refractivity contribution is -0.268. The Morgan fingerprint density at radius 1 is 1.35 bits per heavy atom. The Morgan fingerprint density at radius 3 is 2.71 bits per heavy atom. The molecule has 2 aliphatic rings. The first-order chi connectivity index (χ1) is 7.87. The van der Waals surface area contributed by atoms with Crippen molar-refractivity contribution >= 4 is 0 Å². The Balaban J connectivity index is 2.07. The van der Waals surface area contributed by atoms with E-state index < -0.39 is 5.60 Å². The van der Waals surface area contributed by atoms with Crippen LogP contribution in [0.15, 0.2) is 0 Å². The fourth-order valence-corrected chi connectivity index (χ4v) is 2.88. The molecule has 2 aliphatic heterocycles.